The SMILES string of the molecule is CCNC(=NCCN1CCN(C(C)=O)CC1)N1CCN(c2cnn(C)c2)C(=O)C1. The third-order valence-electron chi connectivity index (χ3n) is 5.35. The van der Waals surface area contributed by atoms with Gasteiger partial charge in [0.2, 0.25) is 11.8 Å². The molecule has 1 aromatic rings. The molecular formula is C19H32N8O2. The lowest BCUT2D eigenvalue weighted by atomic mass is 10.3. The highest BCUT2D eigenvalue weighted by Gasteiger charge is 2.27. The fourth-order valence-corrected chi connectivity index (χ4v) is 3.68. The van der Waals surface area contributed by atoms with Crippen LogP contribution in [0.1, 0.15) is 13.8 Å². The first-order chi connectivity index (χ1) is 14.0. The Labute approximate surface area is 172 Å². The van der Waals surface area contributed by atoms with Gasteiger partial charge in [-0.2, -0.15) is 5.10 Å². The Morgan fingerprint density at radius 1 is 1.17 bits per heavy atom. The van der Waals surface area contributed by atoms with Crippen molar-refractivity contribution in [2.75, 3.05) is 70.3 Å². The summed E-state index contributed by atoms with van der Waals surface area (Å²) in [5.41, 5.74) is 0.837. The number of carbonyl (C=O) groups is 2. The third kappa shape index (κ3) is 5.47. The number of aromatic nitrogens is 2. The highest BCUT2D eigenvalue weighted by Crippen LogP contribution is 2.16. The number of anilines is 1. The van der Waals surface area contributed by atoms with Crippen LogP contribution in [-0.4, -0.2) is 108 Å². The lowest BCUT2D eigenvalue weighted by Crippen LogP contribution is -2.55. The maximum absolute atomic E-state index is 12.7. The molecule has 2 fully saturated rings. The molecule has 1 aromatic heterocycles. The lowest BCUT2D eigenvalue weighted by molar-refractivity contribution is -0.130. The molecule has 10 heteroatoms. The number of hydrogen-bond donors (Lipinski definition) is 1. The van der Waals surface area contributed by atoms with Gasteiger partial charge in [-0.15, -0.1) is 0 Å². The van der Waals surface area contributed by atoms with Crippen LogP contribution in [0.4, 0.5) is 5.69 Å². The molecule has 160 valence electrons. The van der Waals surface area contributed by atoms with E-state index in [0.717, 1.165) is 57.5 Å². The van der Waals surface area contributed by atoms with Crippen molar-refractivity contribution in [2.45, 2.75) is 13.8 Å². The Kier molecular flexibility index (Phi) is 7.08. The highest BCUT2D eigenvalue weighted by molar-refractivity contribution is 5.98. The Bertz CT molecular complexity index is 738. The van der Waals surface area contributed by atoms with E-state index in [1.807, 2.05) is 30.0 Å². The minimum atomic E-state index is 0.0511. The van der Waals surface area contributed by atoms with Gasteiger partial charge in [0, 0.05) is 72.5 Å². The largest absolute Gasteiger partial charge is 0.357 e. The maximum Gasteiger partial charge on any atom is 0.246 e. The predicted octanol–water partition coefficient (Wildman–Crippen LogP) is -0.802. The smallest absolute Gasteiger partial charge is 0.246 e. The fraction of sp³-hybridized carbons (Fsp3) is 0.684. The summed E-state index contributed by atoms with van der Waals surface area (Å²) in [4.78, 5) is 36.8. The second-order valence-corrected chi connectivity index (χ2v) is 7.42. The zero-order chi connectivity index (χ0) is 20.8. The zero-order valence-corrected chi connectivity index (χ0v) is 17.7. The summed E-state index contributed by atoms with van der Waals surface area (Å²) in [6.45, 7) is 10.9. The summed E-state index contributed by atoms with van der Waals surface area (Å²) < 4.78 is 1.71. The van der Waals surface area contributed by atoms with Gasteiger partial charge in [0.1, 0.15) is 6.54 Å². The zero-order valence-electron chi connectivity index (χ0n) is 17.7. The maximum atomic E-state index is 12.7. The van der Waals surface area contributed by atoms with Gasteiger partial charge in [-0.3, -0.25) is 24.2 Å². The summed E-state index contributed by atoms with van der Waals surface area (Å²) in [7, 11) is 1.85. The number of piperazine rings is 2. The number of aryl methyl sites for hydroxylation is 1. The Morgan fingerprint density at radius 2 is 1.90 bits per heavy atom. The minimum absolute atomic E-state index is 0.0511. The fourth-order valence-electron chi connectivity index (χ4n) is 3.68. The lowest BCUT2D eigenvalue weighted by Gasteiger charge is -2.36. The third-order valence-corrected chi connectivity index (χ3v) is 5.35. The first-order valence-electron chi connectivity index (χ1n) is 10.3. The second kappa shape index (κ2) is 9.73. The molecule has 2 aliphatic heterocycles. The normalized spacial score (nSPS) is 19.1. The van der Waals surface area contributed by atoms with Crippen LogP contribution in [0.3, 0.4) is 0 Å². The Balaban J connectivity index is 1.52. The number of guanidine groups is 1. The van der Waals surface area contributed by atoms with Gasteiger partial charge in [-0.1, -0.05) is 0 Å². The molecule has 0 atom stereocenters. The van der Waals surface area contributed by atoms with Gasteiger partial charge in [0.15, 0.2) is 5.96 Å². The van der Waals surface area contributed by atoms with Crippen molar-refractivity contribution in [3.63, 3.8) is 0 Å². The quantitative estimate of drug-likeness (QED) is 0.511. The Morgan fingerprint density at radius 3 is 2.48 bits per heavy atom. The molecule has 0 saturated carbocycles. The monoisotopic (exact) mass is 404 g/mol. The molecule has 1 N–H and O–H groups in total. The molecule has 2 saturated heterocycles. The number of nitrogens with one attached hydrogen (secondary N) is 1. The van der Waals surface area contributed by atoms with Crippen LogP contribution >= 0.6 is 0 Å². The van der Waals surface area contributed by atoms with Crippen molar-refractivity contribution in [2.24, 2.45) is 12.0 Å². The van der Waals surface area contributed by atoms with Crippen LogP contribution in [0, 0.1) is 0 Å². The summed E-state index contributed by atoms with van der Waals surface area (Å²) in [5.74, 6) is 0.983. The van der Waals surface area contributed by atoms with Crippen LogP contribution < -0.4 is 10.2 Å². The molecule has 0 aliphatic carbocycles. The molecule has 2 amide bonds. The molecule has 10 nitrogen and oxygen atoms in total. The summed E-state index contributed by atoms with van der Waals surface area (Å²) in [5, 5.41) is 7.46. The number of aliphatic imine (C=N–C) groups is 1. The van der Waals surface area contributed by atoms with Crippen LogP contribution in [0.2, 0.25) is 0 Å². The molecule has 0 radical (unpaired) electrons. The van der Waals surface area contributed by atoms with Crippen molar-refractivity contribution < 1.29 is 9.59 Å². The molecule has 0 bridgehead atoms. The average Bonchev–Trinajstić information content (AvgIpc) is 3.13. The van der Waals surface area contributed by atoms with Crippen molar-refractivity contribution >= 4 is 23.5 Å². The van der Waals surface area contributed by atoms with E-state index in [1.54, 1.807) is 22.7 Å². The van der Waals surface area contributed by atoms with Crippen LogP contribution in [-0.2, 0) is 16.6 Å². The van der Waals surface area contributed by atoms with Crippen molar-refractivity contribution in [3.05, 3.63) is 12.4 Å². The topological polar surface area (TPSA) is 89.3 Å². The van der Waals surface area contributed by atoms with Crippen LogP contribution in [0.25, 0.3) is 0 Å². The standard InChI is InChI=1S/C19H32N8O2/c1-4-20-19(21-5-6-24-7-9-25(10-8-24)16(2)28)26-11-12-27(18(29)15-26)17-13-22-23(3)14-17/h13-14H,4-12,15H2,1-3H3,(H,20,21). The average molecular weight is 405 g/mol. The molecule has 0 spiro atoms. The van der Waals surface area contributed by atoms with E-state index in [4.69, 9.17) is 4.99 Å². The van der Waals surface area contributed by atoms with Gasteiger partial charge in [0.25, 0.3) is 0 Å². The molecule has 0 unspecified atom stereocenters. The number of hydrogen-bond acceptors (Lipinski definition) is 5. The molecular weight excluding hydrogens is 372 g/mol. The van der Waals surface area contributed by atoms with Gasteiger partial charge < -0.3 is 20.0 Å². The predicted molar refractivity (Wildman–Crippen MR) is 112 cm³/mol. The van der Waals surface area contributed by atoms with E-state index >= 15 is 0 Å². The van der Waals surface area contributed by atoms with E-state index in [9.17, 15) is 9.59 Å². The molecule has 2 aliphatic rings. The first kappa shape index (κ1) is 21.1. The van der Waals surface area contributed by atoms with E-state index in [2.05, 4.69) is 15.3 Å². The van der Waals surface area contributed by atoms with Crippen molar-refractivity contribution in [1.82, 2.24) is 29.8 Å². The minimum Gasteiger partial charge on any atom is -0.357 e. The number of rotatable bonds is 5. The van der Waals surface area contributed by atoms with Gasteiger partial charge in [0.05, 0.1) is 18.4 Å². The van der Waals surface area contributed by atoms with Crippen molar-refractivity contribution in [3.8, 4) is 0 Å². The van der Waals surface area contributed by atoms with Gasteiger partial charge in [-0.05, 0) is 6.92 Å². The van der Waals surface area contributed by atoms with Crippen LogP contribution in [0.15, 0.2) is 17.4 Å². The summed E-state index contributed by atoms with van der Waals surface area (Å²) in [6.07, 6.45) is 3.58. The second-order valence-electron chi connectivity index (χ2n) is 7.42. The number of amides is 2. The number of nitrogens with zero attached hydrogens (tertiary/aromatic N) is 7. The molecule has 3 heterocycles. The van der Waals surface area contributed by atoms with E-state index in [1.165, 1.54) is 0 Å². The Hall–Kier alpha value is -2.62. The molecule has 3 rings (SSSR count). The van der Waals surface area contributed by atoms with Gasteiger partial charge >= 0.3 is 0 Å². The van der Waals surface area contributed by atoms with E-state index in [-0.39, 0.29) is 11.8 Å². The molecule has 29 heavy (non-hydrogen) atoms. The summed E-state index contributed by atoms with van der Waals surface area (Å²) in [6, 6.07) is 0. The van der Waals surface area contributed by atoms with E-state index < -0.39 is 0 Å². The summed E-state index contributed by atoms with van der Waals surface area (Å²) >= 11 is 0. The van der Waals surface area contributed by atoms with Crippen molar-refractivity contribution in [1.29, 1.82) is 0 Å². The van der Waals surface area contributed by atoms with Gasteiger partial charge in [-0.25, -0.2) is 0 Å². The number of carbonyl (C=O) groups excluding carboxylic acids is 2. The highest BCUT2D eigenvalue weighted by atomic mass is 16.2. The first-order valence-corrected chi connectivity index (χ1v) is 10.3. The van der Waals surface area contributed by atoms with E-state index in [0.29, 0.717) is 19.6 Å². The molecule has 0 aromatic carbocycles. The van der Waals surface area contributed by atoms with Crippen LogP contribution in [0.5, 0.6) is 0 Å².